The van der Waals surface area contributed by atoms with Gasteiger partial charge in [-0.15, -0.1) is 0 Å². The molecule has 7 heteroatoms. The Balaban J connectivity index is 1.42. The summed E-state index contributed by atoms with van der Waals surface area (Å²) in [5.74, 6) is -0.269. The molecule has 0 aliphatic carbocycles. The molecule has 2 atom stereocenters. The summed E-state index contributed by atoms with van der Waals surface area (Å²) in [6, 6.07) is 12.9. The van der Waals surface area contributed by atoms with Crippen molar-refractivity contribution < 1.29 is 9.90 Å². The second kappa shape index (κ2) is 7.58. The molecule has 4 rings (SSSR count). The zero-order valence-corrected chi connectivity index (χ0v) is 15.5. The van der Waals surface area contributed by atoms with Gasteiger partial charge in [0.05, 0.1) is 11.7 Å². The van der Waals surface area contributed by atoms with E-state index in [4.69, 9.17) is 11.6 Å². The Labute approximate surface area is 162 Å². The predicted molar refractivity (Wildman–Crippen MR) is 106 cm³/mol. The summed E-state index contributed by atoms with van der Waals surface area (Å²) in [5.41, 5.74) is 2.55. The Hall–Kier alpha value is -2.57. The van der Waals surface area contributed by atoms with E-state index < -0.39 is 6.10 Å². The summed E-state index contributed by atoms with van der Waals surface area (Å²) in [7, 11) is 0. The van der Waals surface area contributed by atoms with Gasteiger partial charge in [-0.2, -0.15) is 5.10 Å². The van der Waals surface area contributed by atoms with Crippen LogP contribution in [0.4, 0.5) is 5.69 Å². The molecule has 0 radical (unpaired) electrons. The minimum atomic E-state index is -1.16. The Morgan fingerprint density at radius 1 is 1.30 bits per heavy atom. The first-order valence-corrected chi connectivity index (χ1v) is 9.40. The first-order chi connectivity index (χ1) is 13.1. The fourth-order valence-electron chi connectivity index (χ4n) is 3.52. The molecular formula is C20H21ClN4O2. The summed E-state index contributed by atoms with van der Waals surface area (Å²) < 4.78 is 0. The van der Waals surface area contributed by atoms with Crippen molar-refractivity contribution in [2.75, 3.05) is 18.4 Å². The van der Waals surface area contributed by atoms with Crippen LogP contribution in [-0.4, -0.2) is 45.2 Å². The number of halogens is 1. The van der Waals surface area contributed by atoms with E-state index in [1.54, 1.807) is 35.4 Å². The van der Waals surface area contributed by atoms with E-state index >= 15 is 0 Å². The van der Waals surface area contributed by atoms with Gasteiger partial charge in [0, 0.05) is 35.2 Å². The van der Waals surface area contributed by atoms with Crippen molar-refractivity contribution in [1.29, 1.82) is 0 Å². The van der Waals surface area contributed by atoms with Crippen LogP contribution >= 0.6 is 11.6 Å². The smallest absolute Gasteiger partial charge is 0.256 e. The number of carbonyl (C=O) groups excluding carboxylic acids is 1. The SMILES string of the molecule is O=C(C(O)c1ccc(Cl)cc1)N1CCCC(Nc2ccc3[nH]ncc3c2)C1. The minimum absolute atomic E-state index is 0.143. The number of likely N-dealkylation sites (tertiary alicyclic amines) is 1. The molecule has 1 aliphatic heterocycles. The van der Waals surface area contributed by atoms with Gasteiger partial charge in [-0.05, 0) is 48.7 Å². The highest BCUT2D eigenvalue weighted by molar-refractivity contribution is 6.30. The lowest BCUT2D eigenvalue weighted by Crippen LogP contribution is -2.46. The lowest BCUT2D eigenvalue weighted by Gasteiger charge is -2.35. The molecule has 1 saturated heterocycles. The van der Waals surface area contributed by atoms with Crippen LogP contribution in [0.5, 0.6) is 0 Å². The number of rotatable bonds is 4. The summed E-state index contributed by atoms with van der Waals surface area (Å²) in [6.07, 6.45) is 2.50. The van der Waals surface area contributed by atoms with Crippen molar-refractivity contribution in [3.8, 4) is 0 Å². The molecule has 0 spiro atoms. The van der Waals surface area contributed by atoms with Gasteiger partial charge in [0.25, 0.3) is 5.91 Å². The maximum atomic E-state index is 12.7. The van der Waals surface area contributed by atoms with Gasteiger partial charge in [-0.3, -0.25) is 9.89 Å². The molecule has 2 aromatic carbocycles. The highest BCUT2D eigenvalue weighted by Crippen LogP contribution is 2.23. The largest absolute Gasteiger partial charge is 0.381 e. The highest BCUT2D eigenvalue weighted by atomic mass is 35.5. The van der Waals surface area contributed by atoms with Crippen molar-refractivity contribution in [2.45, 2.75) is 25.0 Å². The average molecular weight is 385 g/mol. The number of hydrogen-bond donors (Lipinski definition) is 3. The molecule has 0 bridgehead atoms. The molecule has 0 saturated carbocycles. The van der Waals surface area contributed by atoms with Crippen molar-refractivity contribution in [3.05, 3.63) is 59.2 Å². The van der Waals surface area contributed by atoms with Crippen molar-refractivity contribution in [2.24, 2.45) is 0 Å². The average Bonchev–Trinajstić information content (AvgIpc) is 3.15. The molecule has 3 N–H and O–H groups in total. The number of nitrogens with zero attached hydrogens (tertiary/aromatic N) is 2. The fourth-order valence-corrected chi connectivity index (χ4v) is 3.65. The highest BCUT2D eigenvalue weighted by Gasteiger charge is 2.28. The number of amides is 1. The van der Waals surface area contributed by atoms with E-state index in [9.17, 15) is 9.90 Å². The van der Waals surface area contributed by atoms with E-state index in [0.29, 0.717) is 23.7 Å². The Kier molecular flexibility index (Phi) is 5.01. The van der Waals surface area contributed by atoms with E-state index in [0.717, 1.165) is 29.4 Å². The predicted octanol–water partition coefficient (Wildman–Crippen LogP) is 3.35. The van der Waals surface area contributed by atoms with Gasteiger partial charge in [-0.1, -0.05) is 23.7 Å². The monoisotopic (exact) mass is 384 g/mol. The normalized spacial score (nSPS) is 18.4. The number of benzene rings is 2. The van der Waals surface area contributed by atoms with Crippen LogP contribution in [0.1, 0.15) is 24.5 Å². The van der Waals surface area contributed by atoms with E-state index in [1.165, 1.54) is 0 Å². The molecule has 27 heavy (non-hydrogen) atoms. The Bertz CT molecular complexity index is 941. The number of aromatic amines is 1. The molecule has 2 heterocycles. The number of fused-ring (bicyclic) bond motifs is 1. The molecule has 1 fully saturated rings. The second-order valence-corrected chi connectivity index (χ2v) is 7.33. The summed E-state index contributed by atoms with van der Waals surface area (Å²) in [6.45, 7) is 1.22. The van der Waals surface area contributed by atoms with Crippen LogP contribution in [0.25, 0.3) is 10.9 Å². The van der Waals surface area contributed by atoms with Crippen LogP contribution in [0.2, 0.25) is 5.02 Å². The zero-order chi connectivity index (χ0) is 18.8. The van der Waals surface area contributed by atoms with Crippen LogP contribution in [0.3, 0.4) is 0 Å². The number of aliphatic hydroxyl groups is 1. The number of aliphatic hydroxyl groups excluding tert-OH is 1. The molecule has 1 aromatic heterocycles. The van der Waals surface area contributed by atoms with Crippen LogP contribution in [0, 0.1) is 0 Å². The fraction of sp³-hybridized carbons (Fsp3) is 0.300. The summed E-state index contributed by atoms with van der Waals surface area (Å²) in [4.78, 5) is 14.5. The number of nitrogens with one attached hydrogen (secondary N) is 2. The third kappa shape index (κ3) is 3.91. The third-order valence-corrected chi connectivity index (χ3v) is 5.22. The lowest BCUT2D eigenvalue weighted by molar-refractivity contribution is -0.141. The first kappa shape index (κ1) is 17.8. The summed E-state index contributed by atoms with van der Waals surface area (Å²) in [5, 5.41) is 22.5. The lowest BCUT2D eigenvalue weighted by atomic mass is 10.0. The van der Waals surface area contributed by atoms with E-state index in [1.807, 2.05) is 18.2 Å². The van der Waals surface area contributed by atoms with Gasteiger partial charge >= 0.3 is 0 Å². The minimum Gasteiger partial charge on any atom is -0.381 e. The number of carbonyl (C=O) groups is 1. The number of hydrogen-bond acceptors (Lipinski definition) is 4. The molecule has 1 amide bonds. The van der Waals surface area contributed by atoms with Gasteiger partial charge in [0.2, 0.25) is 0 Å². The topological polar surface area (TPSA) is 81.2 Å². The van der Waals surface area contributed by atoms with Crippen LogP contribution in [-0.2, 0) is 4.79 Å². The van der Waals surface area contributed by atoms with Gasteiger partial charge < -0.3 is 15.3 Å². The van der Waals surface area contributed by atoms with Gasteiger partial charge in [-0.25, -0.2) is 0 Å². The van der Waals surface area contributed by atoms with Crippen molar-refractivity contribution in [1.82, 2.24) is 15.1 Å². The quantitative estimate of drug-likeness (QED) is 0.644. The molecule has 2 unspecified atom stereocenters. The molecule has 140 valence electrons. The van der Waals surface area contributed by atoms with Crippen molar-refractivity contribution in [3.63, 3.8) is 0 Å². The van der Waals surface area contributed by atoms with Crippen molar-refractivity contribution >= 4 is 34.1 Å². The maximum absolute atomic E-state index is 12.7. The number of aromatic nitrogens is 2. The maximum Gasteiger partial charge on any atom is 0.256 e. The number of H-pyrrole nitrogens is 1. The van der Waals surface area contributed by atoms with Crippen LogP contribution < -0.4 is 5.32 Å². The molecule has 1 aliphatic rings. The number of anilines is 1. The van der Waals surface area contributed by atoms with E-state index in [-0.39, 0.29) is 11.9 Å². The molecule has 3 aromatic rings. The second-order valence-electron chi connectivity index (χ2n) is 6.89. The third-order valence-electron chi connectivity index (χ3n) is 4.96. The molecular weight excluding hydrogens is 364 g/mol. The Morgan fingerprint density at radius 3 is 2.93 bits per heavy atom. The Morgan fingerprint density at radius 2 is 2.11 bits per heavy atom. The first-order valence-electron chi connectivity index (χ1n) is 9.02. The van der Waals surface area contributed by atoms with Gasteiger partial charge in [0.15, 0.2) is 6.10 Å². The van der Waals surface area contributed by atoms with Gasteiger partial charge in [0.1, 0.15) is 0 Å². The van der Waals surface area contributed by atoms with E-state index in [2.05, 4.69) is 15.5 Å². The zero-order valence-electron chi connectivity index (χ0n) is 14.7. The van der Waals surface area contributed by atoms with Crippen LogP contribution in [0.15, 0.2) is 48.7 Å². The summed E-state index contributed by atoms with van der Waals surface area (Å²) >= 11 is 5.88. The number of piperidine rings is 1. The standard InChI is InChI=1S/C20H21ClN4O2/c21-15-5-3-13(4-6-15)19(26)20(27)25-9-1-2-17(12-25)23-16-7-8-18-14(10-16)11-22-24-18/h3-8,10-11,17,19,23,26H,1-2,9,12H2,(H,22,24). The molecule has 6 nitrogen and oxygen atoms in total.